The lowest BCUT2D eigenvalue weighted by molar-refractivity contribution is -0.119. The van der Waals surface area contributed by atoms with Gasteiger partial charge in [-0.2, -0.15) is 0 Å². The molecule has 0 heterocycles. The molecule has 5 nitrogen and oxygen atoms in total. The van der Waals surface area contributed by atoms with Crippen molar-refractivity contribution in [3.8, 4) is 0 Å². The molecule has 6 heteroatoms. The van der Waals surface area contributed by atoms with Crippen molar-refractivity contribution in [1.29, 1.82) is 0 Å². The van der Waals surface area contributed by atoms with E-state index in [1.165, 1.54) is 6.92 Å². The first-order valence-corrected chi connectivity index (χ1v) is 7.34. The Hall–Kier alpha value is -1.40. The van der Waals surface area contributed by atoms with Crippen molar-refractivity contribution in [3.05, 3.63) is 29.8 Å². The van der Waals surface area contributed by atoms with Crippen LogP contribution in [0.3, 0.4) is 0 Å². The maximum absolute atomic E-state index is 11.6. The van der Waals surface area contributed by atoms with E-state index < -0.39 is 9.84 Å². The van der Waals surface area contributed by atoms with E-state index in [9.17, 15) is 13.2 Å². The Morgan fingerprint density at radius 3 is 2.33 bits per heavy atom. The summed E-state index contributed by atoms with van der Waals surface area (Å²) in [4.78, 5) is 11.1. The number of rotatable bonds is 5. The van der Waals surface area contributed by atoms with E-state index in [-0.39, 0.29) is 17.7 Å². The second-order valence-corrected chi connectivity index (χ2v) is 6.29. The Kier molecular flexibility index (Phi) is 4.86. The summed E-state index contributed by atoms with van der Waals surface area (Å²) >= 11 is 0. The molecule has 0 aliphatic carbocycles. The molecule has 0 fully saturated rings. The topological polar surface area (TPSA) is 89.3 Å². The van der Waals surface area contributed by atoms with Gasteiger partial charge in [0.1, 0.15) is 0 Å². The van der Waals surface area contributed by atoms with Gasteiger partial charge in [0.2, 0.25) is 5.91 Å². The van der Waals surface area contributed by atoms with Gasteiger partial charge in [-0.15, -0.1) is 0 Å². The summed E-state index contributed by atoms with van der Waals surface area (Å²) in [5, 5.41) is 2.62. The van der Waals surface area contributed by atoms with E-state index in [1.54, 1.807) is 31.2 Å². The first-order chi connectivity index (χ1) is 8.36. The van der Waals surface area contributed by atoms with Gasteiger partial charge in [0.15, 0.2) is 9.84 Å². The molecule has 0 spiro atoms. The normalized spacial score (nSPS) is 13.1. The van der Waals surface area contributed by atoms with Crippen molar-refractivity contribution in [2.24, 2.45) is 5.73 Å². The molecule has 0 aliphatic rings. The van der Waals surface area contributed by atoms with Gasteiger partial charge in [-0.1, -0.05) is 19.1 Å². The fraction of sp³-hybridized carbons (Fsp3) is 0.417. The lowest BCUT2D eigenvalue weighted by Gasteiger charge is -2.12. The Labute approximate surface area is 107 Å². The zero-order valence-electron chi connectivity index (χ0n) is 10.5. The van der Waals surface area contributed by atoms with Gasteiger partial charge >= 0.3 is 0 Å². The van der Waals surface area contributed by atoms with Crippen molar-refractivity contribution in [2.75, 3.05) is 12.3 Å². The molecule has 1 amide bonds. The lowest BCUT2D eigenvalue weighted by atomic mass is 10.1. The van der Waals surface area contributed by atoms with Crippen molar-refractivity contribution in [3.63, 3.8) is 0 Å². The maximum Gasteiger partial charge on any atom is 0.216 e. The quantitative estimate of drug-likeness (QED) is 0.820. The minimum atomic E-state index is -3.18. The first kappa shape index (κ1) is 14.7. The molecule has 0 saturated carbocycles. The number of carbonyl (C=O) groups excluding carboxylic acids is 1. The van der Waals surface area contributed by atoms with Crippen LogP contribution < -0.4 is 11.1 Å². The van der Waals surface area contributed by atoms with E-state index in [0.29, 0.717) is 11.4 Å². The van der Waals surface area contributed by atoms with Gasteiger partial charge in [-0.3, -0.25) is 4.79 Å². The highest BCUT2D eigenvalue weighted by molar-refractivity contribution is 7.91. The lowest BCUT2D eigenvalue weighted by Crippen LogP contribution is -2.30. The average molecular weight is 270 g/mol. The second kappa shape index (κ2) is 5.97. The number of sulfone groups is 1. The Morgan fingerprint density at radius 1 is 1.33 bits per heavy atom. The molecule has 0 aromatic heterocycles. The standard InChI is InChI=1S/C12H18N2O3S/c1-3-18(16,17)11-6-4-10(5-7-11)12(13)8-14-9(2)15/h4-7,12H,3,8,13H2,1-2H3,(H,14,15)/t12-/m0/s1. The highest BCUT2D eigenvalue weighted by Gasteiger charge is 2.12. The molecule has 1 atom stereocenters. The molecule has 0 saturated heterocycles. The molecule has 18 heavy (non-hydrogen) atoms. The van der Waals surface area contributed by atoms with Crippen LogP contribution >= 0.6 is 0 Å². The summed E-state index contributed by atoms with van der Waals surface area (Å²) in [6.07, 6.45) is 0. The number of benzene rings is 1. The summed E-state index contributed by atoms with van der Waals surface area (Å²) < 4.78 is 23.2. The van der Waals surface area contributed by atoms with E-state index in [2.05, 4.69) is 5.32 Å². The van der Waals surface area contributed by atoms with Crippen LogP contribution in [0, 0.1) is 0 Å². The second-order valence-electron chi connectivity index (χ2n) is 4.02. The van der Waals surface area contributed by atoms with E-state index in [1.807, 2.05) is 0 Å². The van der Waals surface area contributed by atoms with E-state index in [4.69, 9.17) is 5.73 Å². The van der Waals surface area contributed by atoms with Crippen LogP contribution in [0.25, 0.3) is 0 Å². The molecule has 0 unspecified atom stereocenters. The van der Waals surface area contributed by atoms with Crippen LogP contribution in [0.5, 0.6) is 0 Å². The van der Waals surface area contributed by atoms with Crippen LogP contribution in [-0.2, 0) is 14.6 Å². The zero-order chi connectivity index (χ0) is 13.8. The molecule has 0 bridgehead atoms. The van der Waals surface area contributed by atoms with Crippen molar-refractivity contribution in [1.82, 2.24) is 5.32 Å². The van der Waals surface area contributed by atoms with Gasteiger partial charge in [0, 0.05) is 19.5 Å². The minimum absolute atomic E-state index is 0.0737. The Bertz CT molecular complexity index is 509. The third-order valence-corrected chi connectivity index (χ3v) is 4.37. The van der Waals surface area contributed by atoms with Crippen LogP contribution in [0.4, 0.5) is 0 Å². The Morgan fingerprint density at radius 2 is 1.89 bits per heavy atom. The first-order valence-electron chi connectivity index (χ1n) is 5.69. The smallest absolute Gasteiger partial charge is 0.216 e. The highest BCUT2D eigenvalue weighted by Crippen LogP contribution is 2.15. The average Bonchev–Trinajstić information content (AvgIpc) is 2.36. The SMILES string of the molecule is CCS(=O)(=O)c1ccc([C@@H](N)CNC(C)=O)cc1. The van der Waals surface area contributed by atoms with E-state index in [0.717, 1.165) is 5.56 Å². The number of hydrogen-bond acceptors (Lipinski definition) is 4. The van der Waals surface area contributed by atoms with Crippen molar-refractivity contribution in [2.45, 2.75) is 24.8 Å². The minimum Gasteiger partial charge on any atom is -0.354 e. The summed E-state index contributed by atoms with van der Waals surface area (Å²) in [6.45, 7) is 3.35. The molecule has 3 N–H and O–H groups in total. The summed E-state index contributed by atoms with van der Waals surface area (Å²) in [5.41, 5.74) is 6.66. The van der Waals surface area contributed by atoms with Gasteiger partial charge < -0.3 is 11.1 Å². The largest absolute Gasteiger partial charge is 0.354 e. The van der Waals surface area contributed by atoms with Crippen LogP contribution in [0.15, 0.2) is 29.2 Å². The third kappa shape index (κ3) is 3.82. The molecular weight excluding hydrogens is 252 g/mol. The molecule has 1 rings (SSSR count). The number of nitrogens with two attached hydrogens (primary N) is 1. The van der Waals surface area contributed by atoms with Crippen LogP contribution in [0.2, 0.25) is 0 Å². The van der Waals surface area contributed by atoms with Gasteiger partial charge in [-0.25, -0.2) is 8.42 Å². The van der Waals surface area contributed by atoms with Gasteiger partial charge in [0.05, 0.1) is 10.6 Å². The maximum atomic E-state index is 11.6. The fourth-order valence-electron chi connectivity index (χ4n) is 1.46. The number of hydrogen-bond donors (Lipinski definition) is 2. The number of carbonyl (C=O) groups is 1. The molecule has 1 aromatic carbocycles. The molecule has 0 radical (unpaired) electrons. The van der Waals surface area contributed by atoms with Gasteiger partial charge in [0.25, 0.3) is 0 Å². The van der Waals surface area contributed by atoms with Crippen LogP contribution in [-0.4, -0.2) is 26.6 Å². The molecule has 0 aliphatic heterocycles. The zero-order valence-corrected chi connectivity index (χ0v) is 11.3. The predicted octanol–water partition coefficient (Wildman–Crippen LogP) is 0.616. The van der Waals surface area contributed by atoms with Crippen molar-refractivity contribution < 1.29 is 13.2 Å². The van der Waals surface area contributed by atoms with Gasteiger partial charge in [-0.05, 0) is 17.7 Å². The molecular formula is C12H18N2O3S. The number of nitrogens with one attached hydrogen (secondary N) is 1. The van der Waals surface area contributed by atoms with E-state index >= 15 is 0 Å². The summed E-state index contributed by atoms with van der Waals surface area (Å²) in [7, 11) is -3.18. The highest BCUT2D eigenvalue weighted by atomic mass is 32.2. The fourth-order valence-corrected chi connectivity index (χ4v) is 2.34. The summed E-state index contributed by atoms with van der Waals surface area (Å²) in [5.74, 6) is -0.0692. The van der Waals surface area contributed by atoms with Crippen molar-refractivity contribution >= 4 is 15.7 Å². The molecule has 100 valence electrons. The monoisotopic (exact) mass is 270 g/mol. The molecule has 1 aromatic rings. The Balaban J connectivity index is 2.80. The number of amides is 1. The third-order valence-electron chi connectivity index (χ3n) is 2.62. The van der Waals surface area contributed by atoms with Crippen LogP contribution in [0.1, 0.15) is 25.5 Å². The predicted molar refractivity (Wildman–Crippen MR) is 69.8 cm³/mol. The summed E-state index contributed by atoms with van der Waals surface area (Å²) in [6, 6.07) is 6.10.